The van der Waals surface area contributed by atoms with E-state index in [0.29, 0.717) is 22.9 Å². The van der Waals surface area contributed by atoms with E-state index in [-0.39, 0.29) is 18.5 Å². The first kappa shape index (κ1) is 21.8. The number of aryl methyl sites for hydroxylation is 2. The number of ether oxygens (including phenoxy) is 2. The van der Waals surface area contributed by atoms with E-state index in [1.54, 1.807) is 6.92 Å². The van der Waals surface area contributed by atoms with Gasteiger partial charge in [-0.1, -0.05) is 15.9 Å². The lowest BCUT2D eigenvalue weighted by Gasteiger charge is -2.14. The Bertz CT molecular complexity index is 951. The molecule has 3 rings (SSSR count). The second-order valence-electron chi connectivity index (χ2n) is 7.23. The Balaban J connectivity index is 1.76. The highest BCUT2D eigenvalue weighted by molar-refractivity contribution is 9.10. The number of rotatable bonds is 6. The topological polar surface area (TPSA) is 64.6 Å². The van der Waals surface area contributed by atoms with Crippen LogP contribution in [0.25, 0.3) is 0 Å². The van der Waals surface area contributed by atoms with Crippen molar-refractivity contribution >= 4 is 44.1 Å². The number of nitrogens with one attached hydrogen (secondary N) is 1. The Hall–Kier alpha value is -1.86. The van der Waals surface area contributed by atoms with E-state index in [1.165, 1.54) is 16.2 Å². The van der Waals surface area contributed by atoms with Gasteiger partial charge in [-0.25, -0.2) is 4.79 Å². The number of halogens is 1. The number of amides is 1. The molecule has 0 saturated carbocycles. The quantitative estimate of drug-likeness (QED) is 0.554. The Kier molecular flexibility index (Phi) is 7.01. The van der Waals surface area contributed by atoms with Gasteiger partial charge in [-0.15, -0.1) is 11.3 Å². The molecule has 156 valence electrons. The third kappa shape index (κ3) is 4.67. The SMILES string of the molecule is CCOC(=O)c1c(NC(=O)COc2cc(C)c(Br)c(C)c2C)sc2c1CCCC2. The molecule has 1 heterocycles. The molecule has 1 aliphatic carbocycles. The van der Waals surface area contributed by atoms with Crippen molar-refractivity contribution in [1.29, 1.82) is 0 Å². The summed E-state index contributed by atoms with van der Waals surface area (Å²) in [5.74, 6) is 0.0410. The van der Waals surface area contributed by atoms with Crippen molar-refractivity contribution in [2.45, 2.75) is 53.4 Å². The first-order valence-corrected chi connectivity index (χ1v) is 11.4. The van der Waals surface area contributed by atoms with Crippen molar-refractivity contribution in [2.75, 3.05) is 18.5 Å². The third-order valence-corrected chi connectivity index (χ3v) is 7.65. The summed E-state index contributed by atoms with van der Waals surface area (Å²) in [6.07, 6.45) is 3.94. The highest BCUT2D eigenvalue weighted by atomic mass is 79.9. The molecule has 1 N–H and O–H groups in total. The number of carbonyl (C=O) groups excluding carboxylic acids is 2. The molecule has 0 aliphatic heterocycles. The molecule has 0 saturated heterocycles. The van der Waals surface area contributed by atoms with E-state index in [4.69, 9.17) is 9.47 Å². The average Bonchev–Trinajstić information content (AvgIpc) is 3.06. The molecule has 1 aliphatic rings. The van der Waals surface area contributed by atoms with Crippen LogP contribution in [0.15, 0.2) is 10.5 Å². The van der Waals surface area contributed by atoms with Gasteiger partial charge in [0.05, 0.1) is 12.2 Å². The Labute approximate surface area is 183 Å². The van der Waals surface area contributed by atoms with Crippen LogP contribution in [0.3, 0.4) is 0 Å². The van der Waals surface area contributed by atoms with Gasteiger partial charge in [-0.05, 0) is 81.7 Å². The fourth-order valence-electron chi connectivity index (χ4n) is 3.54. The smallest absolute Gasteiger partial charge is 0.341 e. The molecule has 0 radical (unpaired) electrons. The second-order valence-corrected chi connectivity index (χ2v) is 9.13. The van der Waals surface area contributed by atoms with Crippen molar-refractivity contribution in [2.24, 2.45) is 0 Å². The van der Waals surface area contributed by atoms with Crippen molar-refractivity contribution in [3.63, 3.8) is 0 Å². The van der Waals surface area contributed by atoms with Crippen molar-refractivity contribution in [3.8, 4) is 5.75 Å². The molecular weight excluding hydrogens is 454 g/mol. The third-order valence-electron chi connectivity index (χ3n) is 5.22. The Morgan fingerprint density at radius 1 is 1.17 bits per heavy atom. The lowest BCUT2D eigenvalue weighted by molar-refractivity contribution is -0.118. The second kappa shape index (κ2) is 9.30. The number of anilines is 1. The highest BCUT2D eigenvalue weighted by Crippen LogP contribution is 2.38. The molecule has 0 unspecified atom stereocenters. The monoisotopic (exact) mass is 479 g/mol. The van der Waals surface area contributed by atoms with Gasteiger partial charge in [-0.2, -0.15) is 0 Å². The van der Waals surface area contributed by atoms with Crippen LogP contribution in [0, 0.1) is 20.8 Å². The fraction of sp³-hybridized carbons (Fsp3) is 0.455. The minimum absolute atomic E-state index is 0.119. The number of hydrogen-bond acceptors (Lipinski definition) is 5. The Morgan fingerprint density at radius 2 is 1.90 bits per heavy atom. The summed E-state index contributed by atoms with van der Waals surface area (Å²) < 4.78 is 12.1. The fourth-order valence-corrected chi connectivity index (χ4v) is 5.25. The molecule has 5 nitrogen and oxygen atoms in total. The summed E-state index contributed by atoms with van der Waals surface area (Å²) in [5.41, 5.74) is 4.70. The van der Waals surface area contributed by atoms with Gasteiger partial charge in [-0.3, -0.25) is 4.79 Å². The lowest BCUT2D eigenvalue weighted by Crippen LogP contribution is -2.21. The predicted molar refractivity (Wildman–Crippen MR) is 119 cm³/mol. The first-order valence-electron chi connectivity index (χ1n) is 9.84. The van der Waals surface area contributed by atoms with Crippen LogP contribution in [0.5, 0.6) is 5.75 Å². The zero-order chi connectivity index (χ0) is 21.1. The summed E-state index contributed by atoms with van der Waals surface area (Å²) in [6.45, 7) is 7.95. The normalized spacial score (nSPS) is 13.0. The maximum Gasteiger partial charge on any atom is 0.341 e. The number of carbonyl (C=O) groups is 2. The molecule has 1 aromatic heterocycles. The van der Waals surface area contributed by atoms with Gasteiger partial charge in [0.25, 0.3) is 5.91 Å². The van der Waals surface area contributed by atoms with Crippen LogP contribution >= 0.6 is 27.3 Å². The molecule has 2 aromatic rings. The molecule has 0 atom stereocenters. The van der Waals surface area contributed by atoms with Gasteiger partial charge in [0.15, 0.2) is 6.61 Å². The summed E-state index contributed by atoms with van der Waals surface area (Å²) in [5, 5.41) is 3.45. The highest BCUT2D eigenvalue weighted by Gasteiger charge is 2.27. The van der Waals surface area contributed by atoms with Crippen LogP contribution in [-0.2, 0) is 22.4 Å². The summed E-state index contributed by atoms with van der Waals surface area (Å²) in [7, 11) is 0. The minimum atomic E-state index is -0.363. The van der Waals surface area contributed by atoms with Gasteiger partial charge >= 0.3 is 5.97 Å². The Morgan fingerprint density at radius 3 is 2.62 bits per heavy atom. The van der Waals surface area contributed by atoms with Crippen LogP contribution in [0.1, 0.15) is 57.3 Å². The van der Waals surface area contributed by atoms with Crippen LogP contribution in [0.4, 0.5) is 5.00 Å². The molecule has 1 amide bonds. The molecule has 0 fully saturated rings. The van der Waals surface area contributed by atoms with E-state index in [2.05, 4.69) is 21.2 Å². The summed E-state index contributed by atoms with van der Waals surface area (Å²) in [6, 6.07) is 1.92. The van der Waals surface area contributed by atoms with Gasteiger partial charge < -0.3 is 14.8 Å². The molecule has 7 heteroatoms. The van der Waals surface area contributed by atoms with Gasteiger partial charge in [0.2, 0.25) is 0 Å². The van der Waals surface area contributed by atoms with E-state index in [1.807, 2.05) is 26.8 Å². The van der Waals surface area contributed by atoms with E-state index >= 15 is 0 Å². The average molecular weight is 480 g/mol. The minimum Gasteiger partial charge on any atom is -0.483 e. The van der Waals surface area contributed by atoms with E-state index < -0.39 is 0 Å². The van der Waals surface area contributed by atoms with Crippen LogP contribution in [-0.4, -0.2) is 25.1 Å². The van der Waals surface area contributed by atoms with Gasteiger partial charge in [0, 0.05) is 9.35 Å². The summed E-state index contributed by atoms with van der Waals surface area (Å²) in [4.78, 5) is 26.3. The van der Waals surface area contributed by atoms with Crippen LogP contribution < -0.4 is 10.1 Å². The number of benzene rings is 1. The largest absolute Gasteiger partial charge is 0.483 e. The van der Waals surface area contributed by atoms with Crippen molar-refractivity contribution < 1.29 is 19.1 Å². The first-order chi connectivity index (χ1) is 13.8. The maximum absolute atomic E-state index is 12.6. The number of fused-ring (bicyclic) bond motifs is 1. The van der Waals surface area contributed by atoms with Gasteiger partial charge in [0.1, 0.15) is 10.8 Å². The maximum atomic E-state index is 12.6. The molecule has 0 spiro atoms. The number of hydrogen-bond donors (Lipinski definition) is 1. The molecule has 0 bridgehead atoms. The van der Waals surface area contributed by atoms with Crippen molar-refractivity contribution in [1.82, 2.24) is 0 Å². The standard InChI is InChI=1S/C22H26BrNO4S/c1-5-27-22(26)19-15-8-6-7-9-17(15)29-21(19)24-18(25)11-28-16-10-12(2)20(23)14(4)13(16)3/h10H,5-9,11H2,1-4H3,(H,24,25). The lowest BCUT2D eigenvalue weighted by atomic mass is 9.95. The zero-order valence-electron chi connectivity index (χ0n) is 17.2. The number of thiophene rings is 1. The number of esters is 1. The van der Waals surface area contributed by atoms with Crippen LogP contribution in [0.2, 0.25) is 0 Å². The predicted octanol–water partition coefficient (Wildman–Crippen LogP) is 5.51. The molecule has 29 heavy (non-hydrogen) atoms. The van der Waals surface area contributed by atoms with E-state index in [0.717, 1.165) is 52.4 Å². The summed E-state index contributed by atoms with van der Waals surface area (Å²) >= 11 is 5.05. The molecular formula is C22H26BrNO4S. The van der Waals surface area contributed by atoms with Crippen molar-refractivity contribution in [3.05, 3.63) is 43.2 Å². The zero-order valence-corrected chi connectivity index (χ0v) is 19.6. The molecule has 1 aromatic carbocycles. The van der Waals surface area contributed by atoms with E-state index in [9.17, 15) is 9.59 Å².